The molecule has 9 heteroatoms. The van der Waals surface area contributed by atoms with Crippen LogP contribution in [0.5, 0.6) is 0 Å². The van der Waals surface area contributed by atoms with Gasteiger partial charge in [-0.25, -0.2) is 9.37 Å². The number of aromatic nitrogens is 2. The fourth-order valence-electron chi connectivity index (χ4n) is 4.20. The highest BCUT2D eigenvalue weighted by atomic mass is 79.9. The third-order valence-electron chi connectivity index (χ3n) is 6.22. The molecule has 0 saturated carbocycles. The van der Waals surface area contributed by atoms with Crippen LogP contribution in [0.1, 0.15) is 43.6 Å². The Hall–Kier alpha value is -2.04. The van der Waals surface area contributed by atoms with E-state index in [1.165, 1.54) is 0 Å². The molecule has 37 heavy (non-hydrogen) atoms. The minimum Gasteiger partial charge on any atom is -0.598 e. The number of aryl methyl sites for hydroxylation is 1. The van der Waals surface area contributed by atoms with Crippen molar-refractivity contribution in [2.75, 3.05) is 0 Å². The van der Waals surface area contributed by atoms with Gasteiger partial charge in [0.25, 0.3) is 0 Å². The second-order valence-corrected chi connectivity index (χ2v) is 19.2. The van der Waals surface area contributed by atoms with Crippen molar-refractivity contribution in [2.45, 2.75) is 64.5 Å². The summed E-state index contributed by atoms with van der Waals surface area (Å²) in [6.07, 6.45) is 0.219. The number of benzene rings is 2. The molecule has 5 nitrogen and oxygen atoms in total. The number of hydrogen-bond donors (Lipinski definition) is 1. The number of hydrogen-bond acceptors (Lipinski definition) is 5. The van der Waals surface area contributed by atoms with Gasteiger partial charge in [0.05, 0.1) is 19.8 Å². The first-order chi connectivity index (χ1) is 17.3. The number of pyridine rings is 1. The van der Waals surface area contributed by atoms with Crippen molar-refractivity contribution in [3.63, 3.8) is 0 Å². The molecule has 2 atom stereocenters. The molecule has 196 valence electrons. The third-order valence-corrected chi connectivity index (χ3v) is 10.2. The summed E-state index contributed by atoms with van der Waals surface area (Å²) in [5.41, 5.74) is 4.51. The highest BCUT2D eigenvalue weighted by Gasteiger charge is 2.33. The van der Waals surface area contributed by atoms with E-state index in [4.69, 9.17) is 4.52 Å². The van der Waals surface area contributed by atoms with E-state index in [2.05, 4.69) is 50.4 Å². The Morgan fingerprint density at radius 2 is 1.84 bits per heavy atom. The maximum absolute atomic E-state index is 15.8. The van der Waals surface area contributed by atoms with Crippen LogP contribution >= 0.6 is 15.9 Å². The molecule has 0 saturated heterocycles. The molecule has 1 N–H and O–H groups in total. The summed E-state index contributed by atoms with van der Waals surface area (Å²) < 4.78 is 38.2. The molecule has 2 aromatic carbocycles. The molecular formula is C28H33BrFN3O2SSi. The Morgan fingerprint density at radius 1 is 1.14 bits per heavy atom. The number of rotatable bonds is 7. The molecule has 0 aliphatic carbocycles. The predicted octanol–water partition coefficient (Wildman–Crippen LogP) is 6.98. The number of nitrogens with one attached hydrogen (secondary N) is 1. The van der Waals surface area contributed by atoms with E-state index in [1.807, 2.05) is 70.2 Å². The summed E-state index contributed by atoms with van der Waals surface area (Å²) in [5.74, 6) is -0.282. The monoisotopic (exact) mass is 601 g/mol. The van der Waals surface area contributed by atoms with Gasteiger partial charge in [-0.3, -0.25) is 0 Å². The third kappa shape index (κ3) is 6.17. The molecule has 0 spiro atoms. The van der Waals surface area contributed by atoms with Crippen LogP contribution in [0.15, 0.2) is 57.7 Å². The van der Waals surface area contributed by atoms with Crippen LogP contribution in [-0.2, 0) is 17.8 Å². The van der Waals surface area contributed by atoms with Crippen LogP contribution < -0.4 is 9.91 Å². The van der Waals surface area contributed by atoms with Gasteiger partial charge in [0.2, 0.25) is 0 Å². The van der Waals surface area contributed by atoms with Gasteiger partial charge < -0.3 is 9.08 Å². The first kappa shape index (κ1) is 28.0. The van der Waals surface area contributed by atoms with Gasteiger partial charge in [-0.05, 0) is 78.1 Å². The van der Waals surface area contributed by atoms with Crippen molar-refractivity contribution in [2.24, 2.45) is 0 Å². The lowest BCUT2D eigenvalue weighted by Crippen LogP contribution is -2.43. The van der Waals surface area contributed by atoms with Gasteiger partial charge in [-0.15, -0.1) is 4.72 Å². The quantitative estimate of drug-likeness (QED) is 0.140. The van der Waals surface area contributed by atoms with Gasteiger partial charge in [0.1, 0.15) is 20.9 Å². The molecule has 0 aliphatic heterocycles. The Labute approximate surface area is 230 Å². The van der Waals surface area contributed by atoms with E-state index < -0.39 is 30.2 Å². The molecule has 4 aromatic rings. The van der Waals surface area contributed by atoms with Crippen LogP contribution in [0.2, 0.25) is 19.6 Å². The lowest BCUT2D eigenvalue weighted by atomic mass is 9.94. The second kappa shape index (κ2) is 10.6. The molecule has 2 heterocycles. The summed E-state index contributed by atoms with van der Waals surface area (Å²) in [7, 11) is -1.97. The molecule has 0 aliphatic rings. The average Bonchev–Trinajstić information content (AvgIpc) is 3.22. The van der Waals surface area contributed by atoms with Crippen molar-refractivity contribution < 1.29 is 13.5 Å². The van der Waals surface area contributed by atoms with Crippen LogP contribution in [0.3, 0.4) is 0 Å². The Kier molecular flexibility index (Phi) is 8.02. The fraction of sp³-hybridized carbons (Fsp3) is 0.357. The standard InChI is InChI=1S/C28H33BrFN3O2SSi/c1-17-12-13-20-23(14-17)35-32-27(20)19-11-9-8-10-18(19)21(33-36(34)28(2,3)4)15-22-26(30)24(37(5,6)7)16-25(29)31-22/h8-14,16,21,33H,15H2,1-7H3/t21-,36-/m0/s1. The molecule has 0 fully saturated rings. The molecule has 0 unspecified atom stereocenters. The van der Waals surface area contributed by atoms with E-state index in [-0.39, 0.29) is 12.2 Å². The van der Waals surface area contributed by atoms with Crippen molar-refractivity contribution in [1.82, 2.24) is 14.9 Å². The van der Waals surface area contributed by atoms with Crippen molar-refractivity contribution in [3.8, 4) is 11.3 Å². The molecular weight excluding hydrogens is 569 g/mol. The van der Waals surface area contributed by atoms with Crippen molar-refractivity contribution in [1.29, 1.82) is 0 Å². The molecule has 0 bridgehead atoms. The van der Waals surface area contributed by atoms with Crippen LogP contribution in [0.4, 0.5) is 4.39 Å². The lowest BCUT2D eigenvalue weighted by molar-refractivity contribution is 0.459. The van der Waals surface area contributed by atoms with Gasteiger partial charge in [0, 0.05) is 28.7 Å². The van der Waals surface area contributed by atoms with Crippen molar-refractivity contribution in [3.05, 3.63) is 75.8 Å². The summed E-state index contributed by atoms with van der Waals surface area (Å²) in [6.45, 7) is 14.1. The van der Waals surface area contributed by atoms with E-state index in [1.54, 1.807) is 6.07 Å². The minimum absolute atomic E-state index is 0.219. The van der Waals surface area contributed by atoms with Gasteiger partial charge >= 0.3 is 0 Å². The Bertz CT molecular complexity index is 1430. The molecule has 2 aromatic heterocycles. The summed E-state index contributed by atoms with van der Waals surface area (Å²) in [6, 6.07) is 15.1. The van der Waals surface area contributed by atoms with Crippen LogP contribution in [0.25, 0.3) is 22.2 Å². The largest absolute Gasteiger partial charge is 0.598 e. The predicted molar refractivity (Wildman–Crippen MR) is 157 cm³/mol. The van der Waals surface area contributed by atoms with Crippen molar-refractivity contribution >= 4 is 51.5 Å². The average molecular weight is 603 g/mol. The molecule has 0 amide bonds. The number of nitrogens with zero attached hydrogens (tertiary/aromatic N) is 2. The highest BCUT2D eigenvalue weighted by molar-refractivity contribution is 9.10. The normalized spacial score (nSPS) is 14.2. The van der Waals surface area contributed by atoms with Gasteiger partial charge in [0.15, 0.2) is 5.58 Å². The minimum atomic E-state index is -1.97. The van der Waals surface area contributed by atoms with Gasteiger partial charge in [-0.1, -0.05) is 55.1 Å². The first-order valence-electron chi connectivity index (χ1n) is 12.2. The highest BCUT2D eigenvalue weighted by Crippen LogP contribution is 2.35. The maximum atomic E-state index is 15.8. The number of fused-ring (bicyclic) bond motifs is 1. The SMILES string of the molecule is Cc1ccc2c(-c3ccccc3[C@H](Cc3nc(Br)cc([Si](C)(C)C)c3F)N[S@@+]([O-])C(C)(C)C)noc2c1. The Balaban J connectivity index is 1.86. The zero-order chi connectivity index (χ0) is 27.1. The zero-order valence-corrected chi connectivity index (χ0v) is 25.7. The van der Waals surface area contributed by atoms with E-state index in [0.717, 1.165) is 22.1 Å². The molecule has 4 rings (SSSR count). The summed E-state index contributed by atoms with van der Waals surface area (Å²) in [5, 5.41) is 6.00. The van der Waals surface area contributed by atoms with Crippen LogP contribution in [0, 0.1) is 12.7 Å². The fourth-order valence-corrected chi connectivity index (χ4v) is 7.05. The maximum Gasteiger partial charge on any atom is 0.167 e. The summed E-state index contributed by atoms with van der Waals surface area (Å²) >= 11 is 2.08. The van der Waals surface area contributed by atoms with Crippen LogP contribution in [-0.4, -0.2) is 27.5 Å². The van der Waals surface area contributed by atoms with Gasteiger partial charge in [-0.2, -0.15) is 0 Å². The van der Waals surface area contributed by atoms with E-state index in [0.29, 0.717) is 26.8 Å². The first-order valence-corrected chi connectivity index (χ1v) is 17.7. The molecule has 0 radical (unpaired) electrons. The second-order valence-electron chi connectivity index (χ2n) is 11.4. The van der Waals surface area contributed by atoms with E-state index >= 15 is 4.39 Å². The van der Waals surface area contributed by atoms with E-state index in [9.17, 15) is 4.55 Å². The Morgan fingerprint density at radius 3 is 2.51 bits per heavy atom. The smallest absolute Gasteiger partial charge is 0.167 e. The number of halogens is 2. The zero-order valence-electron chi connectivity index (χ0n) is 22.3. The summed E-state index contributed by atoms with van der Waals surface area (Å²) in [4.78, 5) is 4.52. The topological polar surface area (TPSA) is 74.0 Å². The lowest BCUT2D eigenvalue weighted by Gasteiger charge is -2.29.